The number of H-pyrrole nitrogens is 1. The molecule has 7 nitrogen and oxygen atoms in total. The Morgan fingerprint density at radius 2 is 2.25 bits per heavy atom. The van der Waals surface area contributed by atoms with Gasteiger partial charge in [0.05, 0.1) is 0 Å². The van der Waals surface area contributed by atoms with Gasteiger partial charge in [0, 0.05) is 24.2 Å². The lowest BCUT2D eigenvalue weighted by atomic mass is 10.3. The van der Waals surface area contributed by atoms with E-state index in [9.17, 15) is 4.79 Å². The van der Waals surface area contributed by atoms with E-state index < -0.39 is 0 Å². The lowest BCUT2D eigenvalue weighted by molar-refractivity contribution is 0.800. The zero-order chi connectivity index (χ0) is 14.5. The third-order valence-electron chi connectivity index (χ3n) is 2.60. The molecule has 0 atom stereocenters. The van der Waals surface area contributed by atoms with E-state index >= 15 is 0 Å². The number of nitrogens with two attached hydrogens (primary N) is 1. The zero-order valence-corrected chi connectivity index (χ0v) is 12.1. The van der Waals surface area contributed by atoms with Crippen molar-refractivity contribution in [3.05, 3.63) is 34.0 Å². The molecule has 4 N–H and O–H groups in total. The summed E-state index contributed by atoms with van der Waals surface area (Å²) in [6.45, 7) is 3.93. The third kappa shape index (κ3) is 3.34. The molecule has 0 saturated heterocycles. The summed E-state index contributed by atoms with van der Waals surface area (Å²) in [5, 5.41) is 1.22. The minimum Gasteiger partial charge on any atom is -0.308 e. The highest BCUT2D eigenvalue weighted by Gasteiger charge is 2.12. The first-order valence-electron chi connectivity index (χ1n) is 6.21. The molecule has 20 heavy (non-hydrogen) atoms. The average Bonchev–Trinajstić information content (AvgIpc) is 2.42. The molecule has 0 aromatic carbocycles. The van der Waals surface area contributed by atoms with E-state index in [0.717, 1.165) is 23.4 Å². The van der Waals surface area contributed by atoms with Gasteiger partial charge < -0.3 is 10.4 Å². The van der Waals surface area contributed by atoms with Crippen LogP contribution in [0.5, 0.6) is 0 Å². The maximum absolute atomic E-state index is 11.3. The van der Waals surface area contributed by atoms with Crippen LogP contribution < -0.4 is 16.8 Å². The van der Waals surface area contributed by atoms with E-state index in [1.54, 1.807) is 0 Å². The second-order valence-corrected chi connectivity index (χ2v) is 5.13. The molecule has 2 aromatic rings. The van der Waals surface area contributed by atoms with Gasteiger partial charge in [0.25, 0.3) is 5.56 Å². The number of nitrogens with zero attached hydrogens (tertiary/aromatic N) is 3. The molecule has 0 saturated carbocycles. The van der Waals surface area contributed by atoms with Crippen molar-refractivity contribution in [3.63, 3.8) is 0 Å². The molecule has 2 heterocycles. The summed E-state index contributed by atoms with van der Waals surface area (Å²) in [5.41, 5.74) is 3.20. The van der Waals surface area contributed by atoms with Gasteiger partial charge in [0.15, 0.2) is 5.16 Å². The van der Waals surface area contributed by atoms with Crippen molar-refractivity contribution in [2.24, 2.45) is 5.84 Å². The maximum Gasteiger partial charge on any atom is 0.251 e. The van der Waals surface area contributed by atoms with Crippen LogP contribution in [0.4, 0.5) is 5.82 Å². The molecule has 2 aromatic heterocycles. The van der Waals surface area contributed by atoms with Gasteiger partial charge in [-0.25, -0.2) is 20.8 Å². The van der Waals surface area contributed by atoms with Gasteiger partial charge in [-0.3, -0.25) is 4.79 Å². The van der Waals surface area contributed by atoms with E-state index in [1.165, 1.54) is 24.0 Å². The van der Waals surface area contributed by atoms with Crippen LogP contribution in [0.1, 0.15) is 24.7 Å². The van der Waals surface area contributed by atoms with Crippen molar-refractivity contribution in [2.45, 2.75) is 36.9 Å². The first-order chi connectivity index (χ1) is 9.63. The van der Waals surface area contributed by atoms with E-state index in [2.05, 4.69) is 32.3 Å². The molecule has 0 amide bonds. The Morgan fingerprint density at radius 3 is 2.90 bits per heavy atom. The number of aryl methyl sites for hydroxylation is 1. The Balaban J connectivity index is 2.39. The van der Waals surface area contributed by atoms with Gasteiger partial charge in [0.1, 0.15) is 16.7 Å². The first kappa shape index (κ1) is 14.5. The molecular formula is C12H16N6OS. The van der Waals surface area contributed by atoms with Crippen molar-refractivity contribution in [1.29, 1.82) is 0 Å². The monoisotopic (exact) mass is 292 g/mol. The summed E-state index contributed by atoms with van der Waals surface area (Å²) in [7, 11) is 0. The minimum atomic E-state index is -0.194. The Hall–Kier alpha value is -1.93. The zero-order valence-electron chi connectivity index (χ0n) is 11.3. The lowest BCUT2D eigenvalue weighted by Gasteiger charge is -2.10. The fourth-order valence-corrected chi connectivity index (χ4v) is 2.46. The first-order valence-corrected chi connectivity index (χ1v) is 7.03. The molecule has 0 bridgehead atoms. The van der Waals surface area contributed by atoms with Gasteiger partial charge in [0.2, 0.25) is 0 Å². The SMILES string of the molecule is CCCc1nc(NN)c(C)c(Sc2nccc(=O)[nH]2)n1. The number of rotatable bonds is 5. The molecule has 0 aliphatic carbocycles. The van der Waals surface area contributed by atoms with E-state index in [4.69, 9.17) is 5.84 Å². The summed E-state index contributed by atoms with van der Waals surface area (Å²) < 4.78 is 0. The lowest BCUT2D eigenvalue weighted by Crippen LogP contribution is -2.13. The predicted octanol–water partition coefficient (Wildman–Crippen LogP) is 1.26. The molecule has 0 fully saturated rings. The number of nitrogen functional groups attached to an aromatic ring is 1. The highest BCUT2D eigenvalue weighted by Crippen LogP contribution is 2.28. The van der Waals surface area contributed by atoms with Gasteiger partial charge in [-0.1, -0.05) is 6.92 Å². The summed E-state index contributed by atoms with van der Waals surface area (Å²) in [4.78, 5) is 26.9. The van der Waals surface area contributed by atoms with Gasteiger partial charge in [-0.2, -0.15) is 0 Å². The average molecular weight is 292 g/mol. The van der Waals surface area contributed by atoms with Gasteiger partial charge >= 0.3 is 0 Å². The second kappa shape index (κ2) is 6.49. The third-order valence-corrected chi connectivity index (χ3v) is 3.59. The molecule has 2 rings (SSSR count). The molecule has 0 radical (unpaired) electrons. The van der Waals surface area contributed by atoms with E-state index in [1.807, 2.05) is 6.92 Å². The van der Waals surface area contributed by atoms with Crippen molar-refractivity contribution in [2.75, 3.05) is 5.43 Å². The smallest absolute Gasteiger partial charge is 0.251 e. The van der Waals surface area contributed by atoms with Crippen LogP contribution in [0.2, 0.25) is 0 Å². The number of aromatic nitrogens is 4. The molecule has 0 aliphatic heterocycles. The topological polar surface area (TPSA) is 110 Å². The molecule has 0 unspecified atom stereocenters. The van der Waals surface area contributed by atoms with Crippen LogP contribution in [0.3, 0.4) is 0 Å². The molecule has 106 valence electrons. The Morgan fingerprint density at radius 1 is 1.45 bits per heavy atom. The van der Waals surface area contributed by atoms with Crippen LogP contribution in [-0.4, -0.2) is 19.9 Å². The highest BCUT2D eigenvalue weighted by atomic mass is 32.2. The normalized spacial score (nSPS) is 10.6. The van der Waals surface area contributed by atoms with Crippen LogP contribution in [0.15, 0.2) is 27.2 Å². The summed E-state index contributed by atoms with van der Waals surface area (Å²) in [6, 6.07) is 1.37. The van der Waals surface area contributed by atoms with Crippen LogP contribution in [0.25, 0.3) is 0 Å². The molecule has 0 spiro atoms. The Bertz CT molecular complexity index is 657. The molecular weight excluding hydrogens is 276 g/mol. The van der Waals surface area contributed by atoms with Crippen molar-refractivity contribution >= 4 is 17.6 Å². The van der Waals surface area contributed by atoms with Crippen LogP contribution in [-0.2, 0) is 6.42 Å². The maximum atomic E-state index is 11.3. The number of nitrogens with one attached hydrogen (secondary N) is 2. The summed E-state index contributed by atoms with van der Waals surface area (Å²) in [6.07, 6.45) is 3.17. The largest absolute Gasteiger partial charge is 0.308 e. The standard InChI is InChI=1S/C12H16N6OS/c1-3-4-8-15-10(18-13)7(2)11(16-8)20-12-14-6-5-9(19)17-12/h5-6H,3-4,13H2,1-2H3,(H,14,17,19)(H,15,16,18). The molecule has 0 aliphatic rings. The van der Waals surface area contributed by atoms with Gasteiger partial charge in [-0.15, -0.1) is 0 Å². The Kier molecular flexibility index (Phi) is 4.70. The number of hydrogen-bond donors (Lipinski definition) is 3. The van der Waals surface area contributed by atoms with Crippen molar-refractivity contribution < 1.29 is 0 Å². The number of hydrogen-bond acceptors (Lipinski definition) is 7. The number of anilines is 1. The highest BCUT2D eigenvalue weighted by molar-refractivity contribution is 7.99. The fourth-order valence-electron chi connectivity index (χ4n) is 1.61. The minimum absolute atomic E-state index is 0.194. The quantitative estimate of drug-likeness (QED) is 0.329. The van der Waals surface area contributed by atoms with E-state index in [0.29, 0.717) is 16.8 Å². The number of aromatic amines is 1. The summed E-state index contributed by atoms with van der Waals surface area (Å²) >= 11 is 1.28. The predicted molar refractivity (Wildman–Crippen MR) is 77.6 cm³/mol. The van der Waals surface area contributed by atoms with Crippen LogP contribution >= 0.6 is 11.8 Å². The van der Waals surface area contributed by atoms with E-state index in [-0.39, 0.29) is 5.56 Å². The Labute approximate surface area is 120 Å². The van der Waals surface area contributed by atoms with Crippen molar-refractivity contribution in [1.82, 2.24) is 19.9 Å². The number of hydrazine groups is 1. The van der Waals surface area contributed by atoms with Crippen molar-refractivity contribution in [3.8, 4) is 0 Å². The van der Waals surface area contributed by atoms with Gasteiger partial charge in [-0.05, 0) is 25.1 Å². The fraction of sp³-hybridized carbons (Fsp3) is 0.333. The van der Waals surface area contributed by atoms with Crippen LogP contribution in [0, 0.1) is 6.92 Å². The second-order valence-electron chi connectivity index (χ2n) is 4.15. The summed E-state index contributed by atoms with van der Waals surface area (Å²) in [5.74, 6) is 6.78. The molecule has 8 heteroatoms.